The van der Waals surface area contributed by atoms with Crippen molar-refractivity contribution < 1.29 is 13.9 Å². The fraction of sp³-hybridized carbons (Fsp3) is 0.294. The molecule has 0 bridgehead atoms. The van der Waals surface area contributed by atoms with Gasteiger partial charge < -0.3 is 14.5 Å². The Morgan fingerprint density at radius 3 is 2.84 bits per heavy atom. The molecule has 130 valence electrons. The first-order chi connectivity index (χ1) is 12.0. The lowest BCUT2D eigenvalue weighted by Crippen LogP contribution is -2.11. The second-order valence-electron chi connectivity index (χ2n) is 5.58. The maximum atomic E-state index is 12.4. The van der Waals surface area contributed by atoms with Crippen LogP contribution in [-0.2, 0) is 4.74 Å². The predicted octanol–water partition coefficient (Wildman–Crippen LogP) is 3.77. The molecule has 0 saturated carbocycles. The van der Waals surface area contributed by atoms with E-state index in [1.165, 1.54) is 11.5 Å². The van der Waals surface area contributed by atoms with Gasteiger partial charge in [-0.2, -0.15) is 4.37 Å². The van der Waals surface area contributed by atoms with Crippen molar-refractivity contribution in [2.75, 3.05) is 12.4 Å². The molecule has 7 nitrogen and oxygen atoms in total. The van der Waals surface area contributed by atoms with Gasteiger partial charge in [0.1, 0.15) is 10.6 Å². The van der Waals surface area contributed by atoms with Gasteiger partial charge >= 0.3 is 5.97 Å². The highest BCUT2D eigenvalue weighted by Gasteiger charge is 2.24. The molecule has 0 aliphatic carbocycles. The molecule has 1 aromatic carbocycles. The van der Waals surface area contributed by atoms with Crippen LogP contribution in [0.2, 0.25) is 0 Å². The molecule has 3 rings (SSSR count). The third-order valence-electron chi connectivity index (χ3n) is 3.63. The Morgan fingerprint density at radius 1 is 1.32 bits per heavy atom. The molecule has 25 heavy (non-hydrogen) atoms. The van der Waals surface area contributed by atoms with E-state index in [4.69, 9.17) is 9.15 Å². The summed E-state index contributed by atoms with van der Waals surface area (Å²) >= 11 is 1.22. The molecule has 2 aromatic heterocycles. The van der Waals surface area contributed by atoms with Crippen LogP contribution in [0, 0.1) is 13.8 Å². The van der Waals surface area contributed by atoms with Crippen LogP contribution in [0.4, 0.5) is 5.00 Å². The molecule has 2 heterocycles. The molecule has 0 unspecified atom stereocenters. The third kappa shape index (κ3) is 3.53. The zero-order valence-electron chi connectivity index (χ0n) is 14.4. The predicted molar refractivity (Wildman–Crippen MR) is 94.7 cm³/mol. The maximum Gasteiger partial charge on any atom is 0.343 e. The van der Waals surface area contributed by atoms with Crippen molar-refractivity contribution in [2.24, 2.45) is 0 Å². The minimum Gasteiger partial charge on any atom is -0.449 e. The molecule has 1 N–H and O–H groups in total. The van der Waals surface area contributed by atoms with Crippen LogP contribution in [0.5, 0.6) is 0 Å². The van der Waals surface area contributed by atoms with Crippen LogP contribution in [0.1, 0.15) is 40.5 Å². The highest BCUT2D eigenvalue weighted by atomic mass is 32.1. The number of carbonyl (C=O) groups excluding carboxylic acids is 1. The summed E-state index contributed by atoms with van der Waals surface area (Å²) in [6.07, 6.45) is -0.664. The largest absolute Gasteiger partial charge is 0.449 e. The Bertz CT molecular complexity index is 903. The average Bonchev–Trinajstić information content (AvgIpc) is 3.21. The SMILES string of the molecule is CNc1snc(C)c1C(=O)O[C@@H](C)c1nnc(-c2cccc(C)c2)o1. The van der Waals surface area contributed by atoms with Crippen molar-refractivity contribution in [3.05, 3.63) is 47.0 Å². The highest BCUT2D eigenvalue weighted by molar-refractivity contribution is 7.10. The summed E-state index contributed by atoms with van der Waals surface area (Å²) in [5, 5.41) is 11.7. The second-order valence-corrected chi connectivity index (χ2v) is 6.36. The Hall–Kier alpha value is -2.74. The molecule has 8 heteroatoms. The van der Waals surface area contributed by atoms with Crippen LogP contribution in [0.3, 0.4) is 0 Å². The van der Waals surface area contributed by atoms with Gasteiger partial charge in [0, 0.05) is 12.6 Å². The first-order valence-electron chi connectivity index (χ1n) is 7.75. The lowest BCUT2D eigenvalue weighted by atomic mass is 10.1. The van der Waals surface area contributed by atoms with Gasteiger partial charge in [-0.3, -0.25) is 0 Å². The molecule has 0 fully saturated rings. The van der Waals surface area contributed by atoms with Crippen molar-refractivity contribution >= 4 is 22.5 Å². The summed E-state index contributed by atoms with van der Waals surface area (Å²) < 4.78 is 15.3. The number of nitrogens with one attached hydrogen (secondary N) is 1. The van der Waals surface area contributed by atoms with Gasteiger partial charge in [0.2, 0.25) is 5.89 Å². The van der Waals surface area contributed by atoms with E-state index >= 15 is 0 Å². The normalized spacial score (nSPS) is 12.0. The van der Waals surface area contributed by atoms with Crippen LogP contribution < -0.4 is 5.32 Å². The van der Waals surface area contributed by atoms with E-state index in [9.17, 15) is 4.79 Å². The van der Waals surface area contributed by atoms with E-state index < -0.39 is 12.1 Å². The number of esters is 1. The number of aromatic nitrogens is 3. The lowest BCUT2D eigenvalue weighted by molar-refractivity contribution is 0.0280. The molecular formula is C17H18N4O3S. The average molecular weight is 358 g/mol. The van der Waals surface area contributed by atoms with E-state index in [0.717, 1.165) is 11.1 Å². The second kappa shape index (κ2) is 7.02. The monoisotopic (exact) mass is 358 g/mol. The summed E-state index contributed by atoms with van der Waals surface area (Å²) in [5.74, 6) is 0.168. The number of rotatable bonds is 5. The summed E-state index contributed by atoms with van der Waals surface area (Å²) in [6.45, 7) is 5.45. The number of hydrogen-bond acceptors (Lipinski definition) is 8. The number of hydrogen-bond donors (Lipinski definition) is 1. The maximum absolute atomic E-state index is 12.4. The minimum atomic E-state index is -0.664. The molecule has 0 saturated heterocycles. The van der Waals surface area contributed by atoms with Gasteiger partial charge in [-0.25, -0.2) is 4.79 Å². The zero-order chi connectivity index (χ0) is 18.0. The molecule has 3 aromatic rings. The van der Waals surface area contributed by atoms with Gasteiger partial charge in [-0.1, -0.05) is 17.7 Å². The standard InChI is InChI=1S/C17H18N4O3S/c1-9-6-5-7-12(8-9)15-20-19-14(24-15)11(3)23-17(22)13-10(2)21-25-16(13)18-4/h5-8,11,18H,1-4H3/t11-/m0/s1. The summed E-state index contributed by atoms with van der Waals surface area (Å²) in [4.78, 5) is 12.4. The molecule has 0 amide bonds. The van der Waals surface area contributed by atoms with Crippen LogP contribution in [0.25, 0.3) is 11.5 Å². The van der Waals surface area contributed by atoms with E-state index in [1.54, 1.807) is 20.9 Å². The molecular weight excluding hydrogens is 340 g/mol. The molecule has 1 atom stereocenters. The minimum absolute atomic E-state index is 0.247. The Kier molecular flexibility index (Phi) is 4.80. The van der Waals surface area contributed by atoms with Crippen molar-refractivity contribution in [3.8, 4) is 11.5 Å². The van der Waals surface area contributed by atoms with Crippen molar-refractivity contribution in [1.29, 1.82) is 0 Å². The van der Waals surface area contributed by atoms with Gasteiger partial charge in [-0.15, -0.1) is 10.2 Å². The molecule has 0 aliphatic heterocycles. The summed E-state index contributed by atoms with van der Waals surface area (Å²) in [7, 11) is 1.74. The number of benzene rings is 1. The van der Waals surface area contributed by atoms with Crippen molar-refractivity contribution in [2.45, 2.75) is 26.9 Å². The fourth-order valence-corrected chi connectivity index (χ4v) is 3.08. The van der Waals surface area contributed by atoms with E-state index in [2.05, 4.69) is 19.9 Å². The smallest absolute Gasteiger partial charge is 0.343 e. The summed E-state index contributed by atoms with van der Waals surface area (Å²) in [5.41, 5.74) is 2.97. The Balaban J connectivity index is 1.77. The number of anilines is 1. The zero-order valence-corrected chi connectivity index (χ0v) is 15.2. The molecule has 0 aliphatic rings. The van der Waals surface area contributed by atoms with Gasteiger partial charge in [-0.05, 0) is 44.4 Å². The Morgan fingerprint density at radius 2 is 2.12 bits per heavy atom. The Labute approximate surface area is 149 Å². The van der Waals surface area contributed by atoms with E-state index in [0.29, 0.717) is 22.1 Å². The van der Waals surface area contributed by atoms with E-state index in [1.807, 2.05) is 31.2 Å². The number of aryl methyl sites for hydroxylation is 2. The fourth-order valence-electron chi connectivity index (χ4n) is 2.34. The van der Waals surface area contributed by atoms with Crippen LogP contribution >= 0.6 is 11.5 Å². The van der Waals surface area contributed by atoms with E-state index in [-0.39, 0.29) is 5.89 Å². The number of carbonyl (C=O) groups is 1. The van der Waals surface area contributed by atoms with Crippen molar-refractivity contribution in [3.63, 3.8) is 0 Å². The van der Waals surface area contributed by atoms with Gasteiger partial charge in [0.15, 0.2) is 6.10 Å². The first-order valence-corrected chi connectivity index (χ1v) is 8.52. The summed E-state index contributed by atoms with van der Waals surface area (Å²) in [6, 6.07) is 7.75. The molecule has 0 radical (unpaired) electrons. The van der Waals surface area contributed by atoms with Gasteiger partial charge in [0.05, 0.1) is 5.69 Å². The van der Waals surface area contributed by atoms with Crippen molar-refractivity contribution in [1.82, 2.24) is 14.6 Å². The number of ether oxygens (including phenoxy) is 1. The van der Waals surface area contributed by atoms with Crippen LogP contribution in [0.15, 0.2) is 28.7 Å². The number of nitrogens with zero attached hydrogens (tertiary/aromatic N) is 3. The highest BCUT2D eigenvalue weighted by Crippen LogP contribution is 2.28. The third-order valence-corrected chi connectivity index (χ3v) is 4.59. The molecule has 0 spiro atoms. The quantitative estimate of drug-likeness (QED) is 0.694. The van der Waals surface area contributed by atoms with Crippen LogP contribution in [-0.4, -0.2) is 27.6 Å². The lowest BCUT2D eigenvalue weighted by Gasteiger charge is -2.10. The first kappa shape index (κ1) is 17.1. The topological polar surface area (TPSA) is 90.1 Å². The van der Waals surface area contributed by atoms with Gasteiger partial charge in [0.25, 0.3) is 5.89 Å².